The summed E-state index contributed by atoms with van der Waals surface area (Å²) >= 11 is 11.6. The summed E-state index contributed by atoms with van der Waals surface area (Å²) < 4.78 is 5.72. The maximum Gasteiger partial charge on any atom is 0.262 e. The van der Waals surface area contributed by atoms with Gasteiger partial charge in [0.2, 0.25) is 10.4 Å². The van der Waals surface area contributed by atoms with Crippen LogP contribution in [-0.2, 0) is 5.41 Å². The molecule has 0 amide bonds. The van der Waals surface area contributed by atoms with E-state index in [2.05, 4.69) is 36.0 Å². The van der Waals surface area contributed by atoms with Crippen molar-refractivity contribution in [3.63, 3.8) is 0 Å². The molecule has 0 unspecified atom stereocenters. The van der Waals surface area contributed by atoms with Crippen molar-refractivity contribution in [1.82, 2.24) is 15.2 Å². The second-order valence-corrected chi connectivity index (χ2v) is 5.72. The molecule has 0 aliphatic rings. The normalized spacial score (nSPS) is 11.4. The molecule has 1 heterocycles. The number of benzene rings is 1. The molecule has 2 rings (SSSR count). The molecule has 0 spiro atoms. The van der Waals surface area contributed by atoms with Gasteiger partial charge in [-0.05, 0) is 23.1 Å². The van der Waals surface area contributed by atoms with Crippen molar-refractivity contribution >= 4 is 23.2 Å². The van der Waals surface area contributed by atoms with Gasteiger partial charge in [-0.25, -0.2) is 0 Å². The Morgan fingerprint density at radius 1 is 1.05 bits per heavy atom. The lowest BCUT2D eigenvalue weighted by atomic mass is 9.86. The van der Waals surface area contributed by atoms with Crippen LogP contribution in [0.25, 0.3) is 0 Å². The fourth-order valence-corrected chi connectivity index (χ4v) is 1.86. The SMILES string of the molecule is CC(C)(C)c1ccccc1Oc1nc(Cl)nnc1Cl. The van der Waals surface area contributed by atoms with Crippen molar-refractivity contribution in [1.29, 1.82) is 0 Å². The van der Waals surface area contributed by atoms with Crippen LogP contribution in [0.2, 0.25) is 10.4 Å². The average molecular weight is 298 g/mol. The molecule has 0 aliphatic carbocycles. The second-order valence-electron chi connectivity index (χ2n) is 5.03. The highest BCUT2D eigenvalue weighted by Gasteiger charge is 2.20. The summed E-state index contributed by atoms with van der Waals surface area (Å²) in [5.41, 5.74) is 0.980. The standard InChI is InChI=1S/C13H13Cl2N3O/c1-13(2,3)8-6-4-5-7-9(8)19-11-10(14)17-18-12(15)16-11/h4-7H,1-3H3. The van der Waals surface area contributed by atoms with E-state index in [0.29, 0.717) is 5.75 Å². The van der Waals surface area contributed by atoms with Crippen molar-refractivity contribution in [3.8, 4) is 11.6 Å². The fourth-order valence-electron chi connectivity index (χ4n) is 1.62. The molecule has 1 aromatic carbocycles. The minimum Gasteiger partial charge on any atom is -0.436 e. The van der Waals surface area contributed by atoms with Crippen LogP contribution in [0, 0.1) is 0 Å². The number of para-hydroxylation sites is 1. The van der Waals surface area contributed by atoms with Gasteiger partial charge in [0.25, 0.3) is 5.88 Å². The van der Waals surface area contributed by atoms with Gasteiger partial charge in [-0.2, -0.15) is 4.98 Å². The van der Waals surface area contributed by atoms with Gasteiger partial charge in [-0.15, -0.1) is 10.2 Å². The first-order valence-corrected chi connectivity index (χ1v) is 6.46. The van der Waals surface area contributed by atoms with Gasteiger partial charge in [0.05, 0.1) is 0 Å². The molecule has 0 bridgehead atoms. The third kappa shape index (κ3) is 3.33. The minimum atomic E-state index is -0.0622. The van der Waals surface area contributed by atoms with E-state index in [-0.39, 0.29) is 21.7 Å². The van der Waals surface area contributed by atoms with Crippen LogP contribution in [0.3, 0.4) is 0 Å². The molecule has 6 heteroatoms. The van der Waals surface area contributed by atoms with Crippen molar-refractivity contribution in [2.24, 2.45) is 0 Å². The van der Waals surface area contributed by atoms with Gasteiger partial charge >= 0.3 is 0 Å². The van der Waals surface area contributed by atoms with E-state index < -0.39 is 0 Å². The number of hydrogen-bond acceptors (Lipinski definition) is 4. The van der Waals surface area contributed by atoms with Crippen LogP contribution in [0.5, 0.6) is 11.6 Å². The van der Waals surface area contributed by atoms with Crippen molar-refractivity contribution < 1.29 is 4.74 Å². The highest BCUT2D eigenvalue weighted by molar-refractivity contribution is 6.31. The molecule has 19 heavy (non-hydrogen) atoms. The lowest BCUT2D eigenvalue weighted by molar-refractivity contribution is 0.435. The second kappa shape index (κ2) is 5.31. The maximum absolute atomic E-state index is 5.89. The summed E-state index contributed by atoms with van der Waals surface area (Å²) in [5, 5.41) is 7.28. The molecule has 0 N–H and O–H groups in total. The van der Waals surface area contributed by atoms with E-state index in [1.807, 2.05) is 24.3 Å². The van der Waals surface area contributed by atoms with Crippen LogP contribution in [-0.4, -0.2) is 15.2 Å². The van der Waals surface area contributed by atoms with Crippen LogP contribution in [0.1, 0.15) is 26.3 Å². The zero-order valence-electron chi connectivity index (χ0n) is 10.8. The van der Waals surface area contributed by atoms with E-state index >= 15 is 0 Å². The lowest BCUT2D eigenvalue weighted by Crippen LogP contribution is -2.12. The van der Waals surface area contributed by atoms with Crippen molar-refractivity contribution in [2.75, 3.05) is 0 Å². The number of rotatable bonds is 2. The molecule has 0 saturated heterocycles. The Morgan fingerprint density at radius 3 is 2.42 bits per heavy atom. The van der Waals surface area contributed by atoms with Crippen LogP contribution >= 0.6 is 23.2 Å². The topological polar surface area (TPSA) is 47.9 Å². The molecule has 0 atom stereocenters. The van der Waals surface area contributed by atoms with Crippen molar-refractivity contribution in [3.05, 3.63) is 40.3 Å². The summed E-state index contributed by atoms with van der Waals surface area (Å²) in [7, 11) is 0. The summed E-state index contributed by atoms with van der Waals surface area (Å²) in [6.45, 7) is 6.30. The number of nitrogens with zero attached hydrogens (tertiary/aromatic N) is 3. The van der Waals surface area contributed by atoms with Gasteiger partial charge in [0, 0.05) is 5.56 Å². The van der Waals surface area contributed by atoms with Crippen molar-refractivity contribution in [2.45, 2.75) is 26.2 Å². The monoisotopic (exact) mass is 297 g/mol. The van der Waals surface area contributed by atoms with E-state index in [0.717, 1.165) is 5.56 Å². The Bertz CT molecular complexity index is 597. The quantitative estimate of drug-likeness (QED) is 0.830. The molecular formula is C13H13Cl2N3O. The molecule has 0 fully saturated rings. The summed E-state index contributed by atoms with van der Waals surface area (Å²) in [4.78, 5) is 3.93. The Balaban J connectivity index is 2.41. The fraction of sp³-hybridized carbons (Fsp3) is 0.308. The number of aromatic nitrogens is 3. The molecule has 0 saturated carbocycles. The third-order valence-corrected chi connectivity index (χ3v) is 2.89. The van der Waals surface area contributed by atoms with Gasteiger partial charge in [0.15, 0.2) is 0 Å². The zero-order valence-corrected chi connectivity index (χ0v) is 12.3. The molecular weight excluding hydrogens is 285 g/mol. The van der Waals surface area contributed by atoms with E-state index in [1.54, 1.807) is 0 Å². The smallest absolute Gasteiger partial charge is 0.262 e. The highest BCUT2D eigenvalue weighted by Crippen LogP contribution is 2.34. The molecule has 0 aliphatic heterocycles. The first-order valence-electron chi connectivity index (χ1n) is 5.71. The predicted octanol–water partition coefficient (Wildman–Crippen LogP) is 4.27. The van der Waals surface area contributed by atoms with Crippen LogP contribution < -0.4 is 4.74 Å². The lowest BCUT2D eigenvalue weighted by Gasteiger charge is -2.22. The predicted molar refractivity (Wildman–Crippen MR) is 75.1 cm³/mol. The first-order chi connectivity index (χ1) is 8.88. The third-order valence-electron chi connectivity index (χ3n) is 2.49. The Labute approximate surface area is 121 Å². The minimum absolute atomic E-state index is 0.00682. The zero-order chi connectivity index (χ0) is 14.0. The van der Waals surface area contributed by atoms with Gasteiger partial charge < -0.3 is 4.74 Å². The van der Waals surface area contributed by atoms with E-state index in [4.69, 9.17) is 27.9 Å². The number of ether oxygens (including phenoxy) is 1. The van der Waals surface area contributed by atoms with Gasteiger partial charge in [-0.1, -0.05) is 50.6 Å². The molecule has 0 radical (unpaired) electrons. The maximum atomic E-state index is 5.89. The molecule has 100 valence electrons. The van der Waals surface area contributed by atoms with Gasteiger partial charge in [-0.3, -0.25) is 0 Å². The number of halogens is 2. The summed E-state index contributed by atoms with van der Waals surface area (Å²) in [6, 6.07) is 7.70. The summed E-state index contributed by atoms with van der Waals surface area (Å²) in [5.74, 6) is 0.826. The molecule has 1 aromatic heterocycles. The number of hydrogen-bond donors (Lipinski definition) is 0. The first kappa shape index (κ1) is 14.0. The molecule has 2 aromatic rings. The Kier molecular flexibility index (Phi) is 3.92. The average Bonchev–Trinajstić information content (AvgIpc) is 2.33. The van der Waals surface area contributed by atoms with Crippen LogP contribution in [0.15, 0.2) is 24.3 Å². The highest BCUT2D eigenvalue weighted by atomic mass is 35.5. The Hall–Kier alpha value is -1.39. The largest absolute Gasteiger partial charge is 0.436 e. The molecule has 4 nitrogen and oxygen atoms in total. The van der Waals surface area contributed by atoms with E-state index in [1.165, 1.54) is 0 Å². The van der Waals surface area contributed by atoms with E-state index in [9.17, 15) is 0 Å². The summed E-state index contributed by atoms with van der Waals surface area (Å²) in [6.07, 6.45) is 0. The van der Waals surface area contributed by atoms with Crippen LogP contribution in [0.4, 0.5) is 0 Å². The van der Waals surface area contributed by atoms with Gasteiger partial charge in [0.1, 0.15) is 5.75 Å². The Morgan fingerprint density at radius 2 is 1.74 bits per heavy atom.